The van der Waals surface area contributed by atoms with Crippen LogP contribution >= 0.6 is 0 Å². The number of hydrazone groups is 1. The fourth-order valence-electron chi connectivity index (χ4n) is 3.32. The van der Waals surface area contributed by atoms with Crippen LogP contribution in [-0.2, 0) is 0 Å². The van der Waals surface area contributed by atoms with Crippen LogP contribution in [-0.4, -0.2) is 11.7 Å². The number of primary amides is 1. The van der Waals surface area contributed by atoms with Gasteiger partial charge in [-0.25, -0.2) is 10.2 Å². The van der Waals surface area contributed by atoms with Gasteiger partial charge in [0, 0.05) is 11.6 Å². The fraction of sp³-hybridized carbons (Fsp3) is 0.692. The SMILES string of the molecule is CC(C)=C1[C@H]2CCC[C@@H]1/C(=N\NC(N)=O)CC2. The molecule has 2 aliphatic carbocycles. The number of hydrogen-bond acceptors (Lipinski definition) is 2. The molecule has 0 aromatic rings. The maximum absolute atomic E-state index is 10.7. The number of amides is 2. The number of hydrogen-bond donors (Lipinski definition) is 2. The van der Waals surface area contributed by atoms with Gasteiger partial charge in [-0.2, -0.15) is 5.10 Å². The molecule has 3 N–H and O–H groups in total. The third-order valence-corrected chi connectivity index (χ3v) is 3.90. The lowest BCUT2D eigenvalue weighted by atomic mass is 9.66. The highest BCUT2D eigenvalue weighted by Gasteiger charge is 2.35. The molecule has 0 heterocycles. The van der Waals surface area contributed by atoms with E-state index in [-0.39, 0.29) is 0 Å². The Kier molecular flexibility index (Phi) is 3.50. The molecule has 0 aromatic carbocycles. The van der Waals surface area contributed by atoms with Crippen LogP contribution in [0.5, 0.6) is 0 Å². The first-order valence-corrected chi connectivity index (χ1v) is 6.38. The van der Waals surface area contributed by atoms with Gasteiger partial charge in [0.2, 0.25) is 0 Å². The first kappa shape index (κ1) is 12.1. The zero-order valence-electron chi connectivity index (χ0n) is 10.6. The van der Waals surface area contributed by atoms with E-state index < -0.39 is 6.03 Å². The van der Waals surface area contributed by atoms with Crippen LogP contribution in [0.3, 0.4) is 0 Å². The van der Waals surface area contributed by atoms with Crippen molar-refractivity contribution in [3.05, 3.63) is 11.1 Å². The zero-order valence-corrected chi connectivity index (χ0v) is 10.6. The molecule has 2 atom stereocenters. The van der Waals surface area contributed by atoms with Gasteiger partial charge in [0.05, 0.1) is 0 Å². The Morgan fingerprint density at radius 1 is 1.35 bits per heavy atom. The van der Waals surface area contributed by atoms with Crippen LogP contribution in [0.25, 0.3) is 0 Å². The molecule has 2 amide bonds. The summed E-state index contributed by atoms with van der Waals surface area (Å²) in [5.41, 5.74) is 11.5. The molecule has 0 aromatic heterocycles. The van der Waals surface area contributed by atoms with E-state index >= 15 is 0 Å². The largest absolute Gasteiger partial charge is 0.350 e. The number of nitrogens with one attached hydrogen (secondary N) is 1. The summed E-state index contributed by atoms with van der Waals surface area (Å²) in [4.78, 5) is 10.7. The van der Waals surface area contributed by atoms with Gasteiger partial charge in [-0.1, -0.05) is 17.6 Å². The summed E-state index contributed by atoms with van der Waals surface area (Å²) in [5.74, 6) is 1.19. The number of rotatable bonds is 1. The summed E-state index contributed by atoms with van der Waals surface area (Å²) in [7, 11) is 0. The molecule has 0 aliphatic heterocycles. The fourth-order valence-corrected chi connectivity index (χ4v) is 3.32. The van der Waals surface area contributed by atoms with Crippen LogP contribution in [0.4, 0.5) is 4.79 Å². The maximum atomic E-state index is 10.7. The van der Waals surface area contributed by atoms with Crippen molar-refractivity contribution in [1.82, 2.24) is 5.43 Å². The molecular weight excluding hydrogens is 214 g/mol. The van der Waals surface area contributed by atoms with Gasteiger partial charge < -0.3 is 5.73 Å². The van der Waals surface area contributed by atoms with Crippen molar-refractivity contribution in [3.8, 4) is 0 Å². The predicted molar refractivity (Wildman–Crippen MR) is 68.6 cm³/mol. The molecule has 0 spiro atoms. The Balaban J connectivity index is 2.24. The van der Waals surface area contributed by atoms with Crippen molar-refractivity contribution in [2.45, 2.75) is 46.0 Å². The van der Waals surface area contributed by atoms with E-state index in [1.54, 1.807) is 5.57 Å². The van der Waals surface area contributed by atoms with Crippen molar-refractivity contribution in [2.75, 3.05) is 0 Å². The van der Waals surface area contributed by atoms with Gasteiger partial charge >= 0.3 is 6.03 Å². The minimum atomic E-state index is -0.575. The van der Waals surface area contributed by atoms with Crippen LogP contribution in [0, 0.1) is 11.8 Å². The summed E-state index contributed by atoms with van der Waals surface area (Å²) in [6, 6.07) is -0.575. The van der Waals surface area contributed by atoms with Gasteiger partial charge in [0.15, 0.2) is 0 Å². The summed E-state index contributed by atoms with van der Waals surface area (Å²) >= 11 is 0. The van der Waals surface area contributed by atoms with Gasteiger partial charge in [0.25, 0.3) is 0 Å². The van der Waals surface area contributed by atoms with Crippen LogP contribution in [0.15, 0.2) is 16.2 Å². The Hall–Kier alpha value is -1.32. The minimum absolute atomic E-state index is 0.444. The number of urea groups is 1. The lowest BCUT2D eigenvalue weighted by Gasteiger charge is -2.39. The molecule has 17 heavy (non-hydrogen) atoms. The van der Waals surface area contributed by atoms with E-state index in [0.717, 1.165) is 30.9 Å². The van der Waals surface area contributed by atoms with E-state index in [0.29, 0.717) is 5.92 Å². The molecule has 0 unspecified atom stereocenters. The van der Waals surface area contributed by atoms with Gasteiger partial charge in [-0.3, -0.25) is 0 Å². The first-order valence-electron chi connectivity index (χ1n) is 6.38. The standard InChI is InChI=1S/C13H21N3O/c1-8(2)12-9-4-3-5-10(12)11(7-6-9)15-16-13(14)17/h9-10H,3-7H2,1-2H3,(H3,14,16,17)/b15-11-/t9-,10+/m0/s1. The lowest BCUT2D eigenvalue weighted by molar-refractivity contribution is 0.249. The van der Waals surface area contributed by atoms with Crippen LogP contribution in [0.1, 0.15) is 46.0 Å². The average Bonchev–Trinajstić information content (AvgIpc) is 2.27. The quantitative estimate of drug-likeness (QED) is 0.532. The van der Waals surface area contributed by atoms with E-state index in [4.69, 9.17) is 5.73 Å². The van der Waals surface area contributed by atoms with Gasteiger partial charge in [0.1, 0.15) is 0 Å². The molecule has 0 saturated heterocycles. The molecule has 2 saturated carbocycles. The van der Waals surface area contributed by atoms with Crippen molar-refractivity contribution in [1.29, 1.82) is 0 Å². The molecule has 4 heteroatoms. The highest BCUT2D eigenvalue weighted by atomic mass is 16.2. The van der Waals surface area contributed by atoms with Crippen molar-refractivity contribution in [3.63, 3.8) is 0 Å². The van der Waals surface area contributed by atoms with Crippen LogP contribution < -0.4 is 11.2 Å². The van der Waals surface area contributed by atoms with Gasteiger partial charge in [-0.05, 0) is 45.4 Å². The smallest absolute Gasteiger partial charge is 0.332 e. The van der Waals surface area contributed by atoms with Crippen LogP contribution in [0.2, 0.25) is 0 Å². The van der Waals surface area contributed by atoms with Crippen molar-refractivity contribution in [2.24, 2.45) is 22.7 Å². The second kappa shape index (κ2) is 4.90. The second-order valence-electron chi connectivity index (χ2n) is 5.25. The molecule has 2 rings (SSSR count). The second-order valence-corrected chi connectivity index (χ2v) is 5.25. The monoisotopic (exact) mass is 235 g/mol. The molecule has 0 radical (unpaired) electrons. The molecule has 2 bridgehead atoms. The number of nitrogens with zero attached hydrogens (tertiary/aromatic N) is 1. The van der Waals surface area contributed by atoms with Crippen molar-refractivity contribution < 1.29 is 4.79 Å². The predicted octanol–water partition coefficient (Wildman–Crippen LogP) is 2.56. The van der Waals surface area contributed by atoms with E-state index in [1.807, 2.05) is 0 Å². The topological polar surface area (TPSA) is 67.5 Å². The molecule has 2 fully saturated rings. The molecular formula is C13H21N3O. The maximum Gasteiger partial charge on any atom is 0.332 e. The number of nitrogens with two attached hydrogens (primary N) is 1. The van der Waals surface area contributed by atoms with E-state index in [1.165, 1.54) is 18.4 Å². The van der Waals surface area contributed by atoms with E-state index in [2.05, 4.69) is 24.4 Å². The summed E-state index contributed by atoms with van der Waals surface area (Å²) in [6.45, 7) is 4.37. The highest BCUT2D eigenvalue weighted by molar-refractivity contribution is 5.91. The third-order valence-electron chi connectivity index (χ3n) is 3.90. The molecule has 4 nitrogen and oxygen atoms in total. The highest BCUT2D eigenvalue weighted by Crippen LogP contribution is 2.44. The Labute approximate surface area is 102 Å². The zero-order chi connectivity index (χ0) is 12.4. The third kappa shape index (κ3) is 2.51. The number of carbonyl (C=O) groups excluding carboxylic acids is 1. The first-order chi connectivity index (χ1) is 8.09. The Morgan fingerprint density at radius 2 is 2.12 bits per heavy atom. The average molecular weight is 235 g/mol. The minimum Gasteiger partial charge on any atom is -0.350 e. The Bertz CT molecular complexity index is 380. The lowest BCUT2D eigenvalue weighted by Crippen LogP contribution is -2.35. The van der Waals surface area contributed by atoms with Gasteiger partial charge in [-0.15, -0.1) is 0 Å². The summed E-state index contributed by atoms with van der Waals surface area (Å²) in [5, 5.41) is 4.19. The number of allylic oxidation sites excluding steroid dienone is 2. The normalized spacial score (nSPS) is 30.2. The number of carbonyl (C=O) groups is 1. The van der Waals surface area contributed by atoms with Crippen molar-refractivity contribution >= 4 is 11.7 Å². The Morgan fingerprint density at radius 3 is 2.76 bits per heavy atom. The summed E-state index contributed by atoms with van der Waals surface area (Å²) < 4.78 is 0. The molecule has 94 valence electrons. The van der Waals surface area contributed by atoms with E-state index in [9.17, 15) is 4.79 Å². The number of fused-ring (bicyclic) bond motifs is 2. The molecule has 2 aliphatic rings. The summed E-state index contributed by atoms with van der Waals surface area (Å²) in [6.07, 6.45) is 5.90.